The Morgan fingerprint density at radius 1 is 0.902 bits per heavy atom. The summed E-state index contributed by atoms with van der Waals surface area (Å²) >= 11 is 4.19. The molecule has 3 amide bonds. The first-order valence-corrected chi connectivity index (χ1v) is 14.0. The molecule has 2 aromatic carbocycles. The minimum absolute atomic E-state index is 0.00308. The zero-order valence-electron chi connectivity index (χ0n) is 23.0. The van der Waals surface area contributed by atoms with Crippen molar-refractivity contribution in [1.82, 2.24) is 20.9 Å². The maximum atomic E-state index is 13.5. The molecule has 41 heavy (non-hydrogen) atoms. The van der Waals surface area contributed by atoms with Gasteiger partial charge in [0.25, 0.3) is 0 Å². The van der Waals surface area contributed by atoms with Gasteiger partial charge in [-0.25, -0.2) is 4.79 Å². The molecule has 3 aromatic rings. The van der Waals surface area contributed by atoms with Gasteiger partial charge in [-0.15, -0.1) is 0 Å². The van der Waals surface area contributed by atoms with Crippen LogP contribution in [0.25, 0.3) is 10.9 Å². The lowest BCUT2D eigenvalue weighted by molar-refractivity contribution is -0.142. The van der Waals surface area contributed by atoms with Gasteiger partial charge in [-0.05, 0) is 35.2 Å². The van der Waals surface area contributed by atoms with Crippen molar-refractivity contribution >= 4 is 47.2 Å². The molecule has 0 saturated carbocycles. The highest BCUT2D eigenvalue weighted by Crippen LogP contribution is 2.19. The van der Waals surface area contributed by atoms with Crippen LogP contribution in [0.1, 0.15) is 31.4 Å². The van der Waals surface area contributed by atoms with Crippen molar-refractivity contribution in [3.63, 3.8) is 0 Å². The van der Waals surface area contributed by atoms with Gasteiger partial charge in [0.1, 0.15) is 23.9 Å². The lowest BCUT2D eigenvalue weighted by Gasteiger charge is -2.25. The zero-order chi connectivity index (χ0) is 30.1. The number of amides is 3. The number of aromatic nitrogens is 1. The second-order valence-corrected chi connectivity index (χ2v) is 10.4. The van der Waals surface area contributed by atoms with Crippen molar-refractivity contribution in [3.05, 3.63) is 65.9 Å². The lowest BCUT2D eigenvalue weighted by atomic mass is 9.99. The van der Waals surface area contributed by atoms with Crippen LogP contribution in [0.3, 0.4) is 0 Å². The number of rotatable bonds is 14. The van der Waals surface area contributed by atoms with Gasteiger partial charge in [0.05, 0.1) is 6.04 Å². The highest BCUT2D eigenvalue weighted by molar-refractivity contribution is 7.80. The number of H-pyrrole nitrogens is 1. The first kappa shape index (κ1) is 31.5. The molecule has 1 heterocycles. The van der Waals surface area contributed by atoms with Crippen LogP contribution in [0.15, 0.2) is 54.7 Å². The molecule has 11 nitrogen and oxygen atoms in total. The molecule has 0 aliphatic carbocycles. The molecule has 5 unspecified atom stereocenters. The maximum Gasteiger partial charge on any atom is 0.326 e. The molecular weight excluding hydrogens is 546 g/mol. The number of hydrogen-bond acceptors (Lipinski definition) is 7. The maximum absolute atomic E-state index is 13.5. The van der Waals surface area contributed by atoms with Crippen molar-refractivity contribution < 1.29 is 29.4 Å². The zero-order valence-corrected chi connectivity index (χ0v) is 23.9. The molecule has 0 aliphatic heterocycles. The molecule has 0 bridgehead atoms. The Balaban J connectivity index is 1.79. The second-order valence-electron chi connectivity index (χ2n) is 10.0. The monoisotopic (exact) mass is 583 g/mol. The predicted octanol–water partition coefficient (Wildman–Crippen LogP) is 1.50. The number of phenols is 1. The standard InChI is InChI=1S/C29H37N5O6S/c1-3-16(2)25(30)28(38)34-24(15-41)27(37)32-22(12-17-8-10-19(35)11-9-17)26(36)33-23(29(39)40)13-18-14-31-21-7-5-4-6-20(18)21/h4-11,14,16,22-25,31,35,41H,3,12-13,15,30H2,1-2H3,(H,32,37)(H,33,36)(H,34,38)(H,39,40). The lowest BCUT2D eigenvalue weighted by Crippen LogP contribution is -2.58. The van der Waals surface area contributed by atoms with Crippen LogP contribution in [0.4, 0.5) is 0 Å². The number of para-hydroxylation sites is 1. The number of aliphatic carboxylic acids is 1. The number of carboxylic acids is 1. The number of aromatic hydroxyl groups is 1. The number of nitrogens with one attached hydrogen (secondary N) is 4. The number of carbonyl (C=O) groups excluding carboxylic acids is 3. The summed E-state index contributed by atoms with van der Waals surface area (Å²) in [6.45, 7) is 3.73. The highest BCUT2D eigenvalue weighted by Gasteiger charge is 2.31. The quantitative estimate of drug-likeness (QED) is 0.132. The van der Waals surface area contributed by atoms with Gasteiger partial charge >= 0.3 is 5.97 Å². The van der Waals surface area contributed by atoms with E-state index in [0.717, 1.165) is 10.9 Å². The molecule has 220 valence electrons. The van der Waals surface area contributed by atoms with Crippen LogP contribution < -0.4 is 21.7 Å². The van der Waals surface area contributed by atoms with Crippen molar-refractivity contribution in [2.24, 2.45) is 11.7 Å². The van der Waals surface area contributed by atoms with Gasteiger partial charge in [-0.1, -0.05) is 50.6 Å². The third kappa shape index (κ3) is 8.48. The fourth-order valence-corrected chi connectivity index (χ4v) is 4.57. The number of phenolic OH excluding ortho intramolecular Hbond substituents is 1. The van der Waals surface area contributed by atoms with E-state index in [9.17, 15) is 29.4 Å². The van der Waals surface area contributed by atoms with Crippen LogP contribution >= 0.6 is 12.6 Å². The fourth-order valence-electron chi connectivity index (χ4n) is 4.32. The number of nitrogens with two attached hydrogens (primary N) is 1. The third-order valence-corrected chi connectivity index (χ3v) is 7.46. The Kier molecular flexibility index (Phi) is 11.2. The second kappa shape index (κ2) is 14.6. The normalized spacial score (nSPS) is 14.8. The van der Waals surface area contributed by atoms with E-state index in [1.165, 1.54) is 12.1 Å². The molecular formula is C29H37N5O6S. The number of fused-ring (bicyclic) bond motifs is 1. The SMILES string of the molecule is CCC(C)C(N)C(=O)NC(CS)C(=O)NC(Cc1ccc(O)cc1)C(=O)NC(Cc1c[nH]c2ccccc12)C(=O)O. The Bertz CT molecular complexity index is 1360. The van der Waals surface area contributed by atoms with E-state index in [-0.39, 0.29) is 30.3 Å². The van der Waals surface area contributed by atoms with Gasteiger partial charge in [0.15, 0.2) is 0 Å². The van der Waals surface area contributed by atoms with Gasteiger partial charge < -0.3 is 36.9 Å². The van der Waals surface area contributed by atoms with Crippen molar-refractivity contribution in [3.8, 4) is 5.75 Å². The topological polar surface area (TPSA) is 187 Å². The van der Waals surface area contributed by atoms with Gasteiger partial charge in [0.2, 0.25) is 17.7 Å². The van der Waals surface area contributed by atoms with Crippen LogP contribution in [0.5, 0.6) is 5.75 Å². The Morgan fingerprint density at radius 2 is 1.51 bits per heavy atom. The summed E-state index contributed by atoms with van der Waals surface area (Å²) in [5.41, 5.74) is 8.16. The Hall–Kier alpha value is -4.03. The molecule has 0 fully saturated rings. The molecule has 0 aliphatic rings. The van der Waals surface area contributed by atoms with Crippen LogP contribution in [0, 0.1) is 5.92 Å². The molecule has 8 N–H and O–H groups in total. The van der Waals surface area contributed by atoms with E-state index >= 15 is 0 Å². The average molecular weight is 584 g/mol. The molecule has 1 aromatic heterocycles. The van der Waals surface area contributed by atoms with E-state index in [0.29, 0.717) is 17.5 Å². The Morgan fingerprint density at radius 3 is 2.15 bits per heavy atom. The van der Waals surface area contributed by atoms with E-state index in [4.69, 9.17) is 5.73 Å². The van der Waals surface area contributed by atoms with Crippen LogP contribution in [-0.4, -0.2) is 68.8 Å². The van der Waals surface area contributed by atoms with Crippen LogP contribution in [0.2, 0.25) is 0 Å². The molecule has 0 radical (unpaired) electrons. The third-order valence-electron chi connectivity index (χ3n) is 7.10. The molecule has 12 heteroatoms. The van der Waals surface area contributed by atoms with Crippen molar-refractivity contribution in [2.45, 2.75) is 57.3 Å². The summed E-state index contributed by atoms with van der Waals surface area (Å²) in [6.07, 6.45) is 2.38. The number of thiol groups is 1. The smallest absolute Gasteiger partial charge is 0.326 e. The first-order valence-electron chi connectivity index (χ1n) is 13.4. The van der Waals surface area contributed by atoms with E-state index in [2.05, 4.69) is 33.6 Å². The number of carboxylic acid groups (broad SMARTS) is 1. The minimum Gasteiger partial charge on any atom is -0.508 e. The first-order chi connectivity index (χ1) is 19.5. The van der Waals surface area contributed by atoms with Gasteiger partial charge in [-0.2, -0.15) is 12.6 Å². The van der Waals surface area contributed by atoms with Crippen molar-refractivity contribution in [1.29, 1.82) is 0 Å². The molecule has 5 atom stereocenters. The van der Waals surface area contributed by atoms with E-state index in [1.54, 1.807) is 18.3 Å². The van der Waals surface area contributed by atoms with E-state index in [1.807, 2.05) is 38.1 Å². The summed E-state index contributed by atoms with van der Waals surface area (Å²) in [7, 11) is 0. The largest absolute Gasteiger partial charge is 0.508 e. The summed E-state index contributed by atoms with van der Waals surface area (Å²) in [6, 6.07) is 9.08. The number of aromatic amines is 1. The molecule has 3 rings (SSSR count). The minimum atomic E-state index is -1.28. The summed E-state index contributed by atoms with van der Waals surface area (Å²) in [5, 5.41) is 28.2. The molecule has 0 spiro atoms. The molecule has 0 saturated heterocycles. The van der Waals surface area contributed by atoms with Crippen LogP contribution in [-0.2, 0) is 32.0 Å². The number of carbonyl (C=O) groups is 4. The average Bonchev–Trinajstić information content (AvgIpc) is 3.37. The Labute approximate surface area is 243 Å². The summed E-state index contributed by atoms with van der Waals surface area (Å²) < 4.78 is 0. The van der Waals surface area contributed by atoms with Gasteiger partial charge in [-0.3, -0.25) is 14.4 Å². The number of hydrogen-bond donors (Lipinski definition) is 8. The fraction of sp³-hybridized carbons (Fsp3) is 0.379. The predicted molar refractivity (Wildman–Crippen MR) is 159 cm³/mol. The van der Waals surface area contributed by atoms with Crippen molar-refractivity contribution in [2.75, 3.05) is 5.75 Å². The highest BCUT2D eigenvalue weighted by atomic mass is 32.1. The van der Waals surface area contributed by atoms with Gasteiger partial charge in [0, 0.05) is 35.7 Å². The summed E-state index contributed by atoms with van der Waals surface area (Å²) in [4.78, 5) is 54.5. The van der Waals surface area contributed by atoms with E-state index < -0.39 is 47.9 Å². The number of benzene rings is 2. The summed E-state index contributed by atoms with van der Waals surface area (Å²) in [5.74, 6) is -3.30.